The van der Waals surface area contributed by atoms with Crippen LogP contribution in [0.5, 0.6) is 0 Å². The highest BCUT2D eigenvalue weighted by atomic mass is 16.6. The Hall–Kier alpha value is -1.06. The van der Waals surface area contributed by atoms with E-state index in [-0.39, 0.29) is 12.1 Å². The van der Waals surface area contributed by atoms with Crippen LogP contribution < -0.4 is 0 Å². The van der Waals surface area contributed by atoms with Crippen LogP contribution in [0, 0.1) is 5.92 Å². The SMILES string of the molecule is CC(C)(C)OC(=O)N1CC2CC(=O)CCC1C2. The molecule has 1 amide bonds. The van der Waals surface area contributed by atoms with Crippen molar-refractivity contribution in [3.63, 3.8) is 0 Å². The number of hydrogen-bond donors (Lipinski definition) is 0. The molecule has 4 nitrogen and oxygen atoms in total. The molecule has 0 aromatic carbocycles. The summed E-state index contributed by atoms with van der Waals surface area (Å²) in [6.07, 6.45) is 2.79. The summed E-state index contributed by atoms with van der Waals surface area (Å²) in [7, 11) is 0. The zero-order valence-electron chi connectivity index (χ0n) is 10.9. The lowest BCUT2D eigenvalue weighted by molar-refractivity contribution is -0.120. The highest BCUT2D eigenvalue weighted by Crippen LogP contribution is 2.33. The topological polar surface area (TPSA) is 46.6 Å². The Kier molecular flexibility index (Phi) is 3.15. The predicted octanol–water partition coefficient (Wildman–Crippen LogP) is 2.37. The maximum atomic E-state index is 12.0. The fraction of sp³-hybridized carbons (Fsp3) is 0.846. The molecule has 4 heteroatoms. The van der Waals surface area contributed by atoms with E-state index >= 15 is 0 Å². The fourth-order valence-electron chi connectivity index (χ4n) is 2.73. The maximum Gasteiger partial charge on any atom is 0.410 e. The summed E-state index contributed by atoms with van der Waals surface area (Å²) in [5, 5.41) is 0. The van der Waals surface area contributed by atoms with Gasteiger partial charge in [0.05, 0.1) is 0 Å². The van der Waals surface area contributed by atoms with Gasteiger partial charge in [0, 0.05) is 25.4 Å². The van der Waals surface area contributed by atoms with E-state index in [1.165, 1.54) is 0 Å². The second kappa shape index (κ2) is 4.31. The number of ether oxygens (including phenoxy) is 1. The Labute approximate surface area is 102 Å². The van der Waals surface area contributed by atoms with Crippen LogP contribution in [0.4, 0.5) is 4.79 Å². The molecule has 0 N–H and O–H groups in total. The van der Waals surface area contributed by atoms with E-state index in [1.54, 1.807) is 0 Å². The van der Waals surface area contributed by atoms with Gasteiger partial charge in [0.25, 0.3) is 0 Å². The lowest BCUT2D eigenvalue weighted by atomic mass is 10.0. The summed E-state index contributed by atoms with van der Waals surface area (Å²) in [4.78, 5) is 25.3. The molecule has 0 spiro atoms. The van der Waals surface area contributed by atoms with E-state index in [2.05, 4.69) is 0 Å². The number of likely N-dealkylation sites (tertiary alicyclic amines) is 1. The fourth-order valence-corrected chi connectivity index (χ4v) is 2.73. The van der Waals surface area contributed by atoms with Gasteiger partial charge in [0.15, 0.2) is 0 Å². The number of ketones is 1. The molecule has 2 aliphatic rings. The number of amides is 1. The van der Waals surface area contributed by atoms with Gasteiger partial charge in [-0.1, -0.05) is 0 Å². The Morgan fingerprint density at radius 1 is 1.41 bits per heavy atom. The molecule has 1 aliphatic heterocycles. The smallest absolute Gasteiger partial charge is 0.410 e. The van der Waals surface area contributed by atoms with E-state index in [9.17, 15) is 9.59 Å². The molecule has 2 bridgehead atoms. The molecule has 2 atom stereocenters. The second-order valence-electron chi connectivity index (χ2n) is 6.17. The van der Waals surface area contributed by atoms with E-state index < -0.39 is 5.60 Å². The predicted molar refractivity (Wildman–Crippen MR) is 63.7 cm³/mol. The number of nitrogens with zero attached hydrogens (tertiary/aromatic N) is 1. The van der Waals surface area contributed by atoms with Gasteiger partial charge in [-0.15, -0.1) is 0 Å². The van der Waals surface area contributed by atoms with E-state index in [0.29, 0.717) is 31.1 Å². The molecule has 1 saturated heterocycles. The van der Waals surface area contributed by atoms with Crippen molar-refractivity contribution >= 4 is 11.9 Å². The van der Waals surface area contributed by atoms with Crippen molar-refractivity contribution in [2.45, 2.75) is 58.1 Å². The molecule has 0 aromatic heterocycles. The third kappa shape index (κ3) is 2.99. The first-order chi connectivity index (χ1) is 7.85. The first kappa shape index (κ1) is 12.4. The molecule has 17 heavy (non-hydrogen) atoms. The highest BCUT2D eigenvalue weighted by molar-refractivity contribution is 5.79. The third-order valence-electron chi connectivity index (χ3n) is 3.40. The summed E-state index contributed by atoms with van der Waals surface area (Å²) >= 11 is 0. The van der Waals surface area contributed by atoms with Gasteiger partial charge in [-0.3, -0.25) is 4.79 Å². The minimum atomic E-state index is -0.445. The minimum Gasteiger partial charge on any atom is -0.444 e. The largest absolute Gasteiger partial charge is 0.444 e. The Morgan fingerprint density at radius 2 is 2.12 bits per heavy atom. The van der Waals surface area contributed by atoms with Crippen molar-refractivity contribution in [3.8, 4) is 0 Å². The standard InChI is InChI=1S/C13H21NO3/c1-13(2,3)17-12(16)14-8-9-6-10(14)4-5-11(15)7-9/h9-10H,4-8H2,1-3H3. The molecule has 2 rings (SSSR count). The van der Waals surface area contributed by atoms with Crippen LogP contribution in [0.1, 0.15) is 46.5 Å². The number of Topliss-reactive ketones (excluding diaryl/α,β-unsaturated/α-hetero) is 1. The quantitative estimate of drug-likeness (QED) is 0.652. The second-order valence-corrected chi connectivity index (χ2v) is 6.17. The monoisotopic (exact) mass is 239 g/mol. The van der Waals surface area contributed by atoms with E-state index in [0.717, 1.165) is 12.8 Å². The molecular weight excluding hydrogens is 218 g/mol. The third-order valence-corrected chi connectivity index (χ3v) is 3.40. The molecule has 0 aromatic rings. The van der Waals surface area contributed by atoms with Crippen molar-refractivity contribution in [1.29, 1.82) is 0 Å². The summed E-state index contributed by atoms with van der Waals surface area (Å²) in [6.45, 7) is 6.32. The molecule has 1 saturated carbocycles. The van der Waals surface area contributed by atoms with Gasteiger partial charge in [-0.05, 0) is 39.5 Å². The van der Waals surface area contributed by atoms with Gasteiger partial charge in [-0.2, -0.15) is 0 Å². The van der Waals surface area contributed by atoms with Gasteiger partial charge in [-0.25, -0.2) is 4.79 Å². The molecule has 1 aliphatic carbocycles. The summed E-state index contributed by atoms with van der Waals surface area (Å²) in [5.41, 5.74) is -0.445. The van der Waals surface area contributed by atoms with Gasteiger partial charge < -0.3 is 9.64 Å². The van der Waals surface area contributed by atoms with Crippen molar-refractivity contribution in [1.82, 2.24) is 4.90 Å². The van der Waals surface area contributed by atoms with Crippen LogP contribution in [0.2, 0.25) is 0 Å². The molecule has 1 heterocycles. The minimum absolute atomic E-state index is 0.210. The van der Waals surface area contributed by atoms with Crippen molar-refractivity contribution in [2.24, 2.45) is 5.92 Å². The van der Waals surface area contributed by atoms with Gasteiger partial charge in [0.2, 0.25) is 0 Å². The van der Waals surface area contributed by atoms with Gasteiger partial charge in [0.1, 0.15) is 11.4 Å². The Balaban J connectivity index is 2.00. The van der Waals surface area contributed by atoms with Crippen LogP contribution in [-0.2, 0) is 9.53 Å². The first-order valence-electron chi connectivity index (χ1n) is 6.36. The van der Waals surface area contributed by atoms with Crippen molar-refractivity contribution in [2.75, 3.05) is 6.54 Å². The molecule has 2 fully saturated rings. The zero-order valence-corrected chi connectivity index (χ0v) is 10.9. The molecule has 2 unspecified atom stereocenters. The number of fused-ring (bicyclic) bond motifs is 2. The molecule has 0 radical (unpaired) electrons. The Morgan fingerprint density at radius 3 is 2.76 bits per heavy atom. The normalized spacial score (nSPS) is 29.1. The number of hydrogen-bond acceptors (Lipinski definition) is 3. The van der Waals surface area contributed by atoms with Crippen molar-refractivity contribution in [3.05, 3.63) is 0 Å². The summed E-state index contributed by atoms with van der Waals surface area (Å²) < 4.78 is 5.40. The number of carbonyl (C=O) groups excluding carboxylic acids is 2. The average molecular weight is 239 g/mol. The lowest BCUT2D eigenvalue weighted by Crippen LogP contribution is -2.40. The number of rotatable bonds is 0. The summed E-state index contributed by atoms with van der Waals surface area (Å²) in [5.74, 6) is 0.698. The van der Waals surface area contributed by atoms with Crippen LogP contribution >= 0.6 is 0 Å². The highest BCUT2D eigenvalue weighted by Gasteiger charge is 2.40. The summed E-state index contributed by atoms with van der Waals surface area (Å²) in [6, 6.07) is 0.210. The van der Waals surface area contributed by atoms with Crippen LogP contribution in [0.15, 0.2) is 0 Å². The molecular formula is C13H21NO3. The molecule has 96 valence electrons. The maximum absolute atomic E-state index is 12.0. The van der Waals surface area contributed by atoms with E-state index in [1.807, 2.05) is 25.7 Å². The van der Waals surface area contributed by atoms with E-state index in [4.69, 9.17) is 4.74 Å². The first-order valence-corrected chi connectivity index (χ1v) is 6.36. The average Bonchev–Trinajstić information content (AvgIpc) is 2.44. The van der Waals surface area contributed by atoms with Crippen molar-refractivity contribution < 1.29 is 14.3 Å². The number of carbonyl (C=O) groups is 2. The van der Waals surface area contributed by atoms with Crippen LogP contribution in [-0.4, -0.2) is 35.0 Å². The van der Waals surface area contributed by atoms with Crippen LogP contribution in [0.25, 0.3) is 0 Å². The van der Waals surface area contributed by atoms with Crippen LogP contribution in [0.3, 0.4) is 0 Å². The lowest BCUT2D eigenvalue weighted by Gasteiger charge is -2.29. The Bertz CT molecular complexity index is 332. The zero-order chi connectivity index (χ0) is 12.6. The van der Waals surface area contributed by atoms with Gasteiger partial charge >= 0.3 is 6.09 Å².